The predicted molar refractivity (Wildman–Crippen MR) is 78.0 cm³/mol. The van der Waals surface area contributed by atoms with Gasteiger partial charge in [0, 0.05) is 16.6 Å². The Morgan fingerprint density at radius 1 is 1.10 bits per heavy atom. The lowest BCUT2D eigenvalue weighted by Gasteiger charge is -2.09. The maximum Gasteiger partial charge on any atom is 0.270 e. The summed E-state index contributed by atoms with van der Waals surface area (Å²) in [5.41, 5.74) is 0.110. The molecule has 0 fully saturated rings. The van der Waals surface area contributed by atoms with E-state index in [1.54, 1.807) is 18.2 Å². The maximum absolute atomic E-state index is 12.1. The van der Waals surface area contributed by atoms with Gasteiger partial charge in [0.2, 0.25) is 0 Å². The molecular formula is C12H9BrN2O4S. The Kier molecular flexibility index (Phi) is 4.05. The third-order valence-electron chi connectivity index (χ3n) is 2.46. The van der Waals surface area contributed by atoms with E-state index in [9.17, 15) is 18.5 Å². The van der Waals surface area contributed by atoms with Crippen molar-refractivity contribution in [3.05, 3.63) is 63.1 Å². The van der Waals surface area contributed by atoms with Gasteiger partial charge < -0.3 is 0 Å². The van der Waals surface area contributed by atoms with Crippen molar-refractivity contribution in [2.75, 3.05) is 4.72 Å². The Balaban J connectivity index is 2.33. The highest BCUT2D eigenvalue weighted by molar-refractivity contribution is 9.10. The third-order valence-corrected chi connectivity index (χ3v) is 4.50. The number of sulfonamides is 1. The summed E-state index contributed by atoms with van der Waals surface area (Å²) in [5.74, 6) is 0. The smallest absolute Gasteiger partial charge is 0.270 e. The van der Waals surface area contributed by atoms with Crippen molar-refractivity contribution in [1.29, 1.82) is 0 Å². The minimum absolute atomic E-state index is 0.116. The number of hydrogen-bond acceptors (Lipinski definition) is 4. The van der Waals surface area contributed by atoms with E-state index in [1.165, 1.54) is 30.3 Å². The number of rotatable bonds is 4. The van der Waals surface area contributed by atoms with Gasteiger partial charge in [0.25, 0.3) is 15.7 Å². The average Bonchev–Trinajstić information content (AvgIpc) is 2.41. The Labute approximate surface area is 123 Å². The quantitative estimate of drug-likeness (QED) is 0.672. The summed E-state index contributed by atoms with van der Waals surface area (Å²) in [4.78, 5) is 10.2. The molecule has 1 N–H and O–H groups in total. The molecule has 2 aromatic rings. The number of non-ortho nitro benzene ring substituents is 1. The van der Waals surface area contributed by atoms with Crippen molar-refractivity contribution in [2.24, 2.45) is 0 Å². The van der Waals surface area contributed by atoms with Gasteiger partial charge in [0.05, 0.1) is 15.5 Å². The zero-order chi connectivity index (χ0) is 14.8. The van der Waals surface area contributed by atoms with Gasteiger partial charge in [-0.15, -0.1) is 0 Å². The lowest BCUT2D eigenvalue weighted by atomic mass is 10.3. The molecular weight excluding hydrogens is 348 g/mol. The Bertz CT molecular complexity index is 747. The molecule has 0 aliphatic heterocycles. The van der Waals surface area contributed by atoms with Crippen LogP contribution in [0, 0.1) is 10.1 Å². The van der Waals surface area contributed by atoms with Crippen LogP contribution in [0.3, 0.4) is 0 Å². The predicted octanol–water partition coefficient (Wildman–Crippen LogP) is 3.16. The van der Waals surface area contributed by atoms with E-state index in [-0.39, 0.29) is 16.3 Å². The molecule has 0 aliphatic rings. The normalized spacial score (nSPS) is 11.1. The van der Waals surface area contributed by atoms with Gasteiger partial charge in [-0.25, -0.2) is 8.42 Å². The summed E-state index contributed by atoms with van der Waals surface area (Å²) in [7, 11) is -3.72. The highest BCUT2D eigenvalue weighted by Crippen LogP contribution is 2.28. The van der Waals surface area contributed by atoms with Crippen molar-refractivity contribution in [3.8, 4) is 0 Å². The minimum Gasteiger partial charge on any atom is -0.278 e. The zero-order valence-electron chi connectivity index (χ0n) is 9.99. The molecule has 0 aliphatic carbocycles. The molecule has 0 unspecified atom stereocenters. The second-order valence-electron chi connectivity index (χ2n) is 3.84. The van der Waals surface area contributed by atoms with E-state index in [1.807, 2.05) is 0 Å². The van der Waals surface area contributed by atoms with Crippen molar-refractivity contribution in [1.82, 2.24) is 0 Å². The fourth-order valence-electron chi connectivity index (χ4n) is 1.50. The number of nitrogens with one attached hydrogen (secondary N) is 1. The van der Waals surface area contributed by atoms with Gasteiger partial charge in [-0.1, -0.05) is 18.2 Å². The third kappa shape index (κ3) is 3.14. The topological polar surface area (TPSA) is 89.3 Å². The van der Waals surface area contributed by atoms with E-state index in [4.69, 9.17) is 0 Å². The van der Waals surface area contributed by atoms with E-state index in [0.717, 1.165) is 0 Å². The van der Waals surface area contributed by atoms with Crippen LogP contribution in [0.25, 0.3) is 0 Å². The van der Waals surface area contributed by atoms with Gasteiger partial charge in [-0.2, -0.15) is 0 Å². The molecule has 8 heteroatoms. The molecule has 0 saturated carbocycles. The van der Waals surface area contributed by atoms with Crippen LogP contribution in [0.1, 0.15) is 0 Å². The van der Waals surface area contributed by atoms with Crippen molar-refractivity contribution in [2.45, 2.75) is 4.90 Å². The number of halogens is 1. The number of nitro benzene ring substituents is 1. The van der Waals surface area contributed by atoms with Gasteiger partial charge in [0.1, 0.15) is 0 Å². The Morgan fingerprint density at radius 3 is 2.30 bits per heavy atom. The van der Waals surface area contributed by atoms with Gasteiger partial charge in [-0.3, -0.25) is 14.8 Å². The monoisotopic (exact) mass is 356 g/mol. The lowest BCUT2D eigenvalue weighted by molar-refractivity contribution is -0.384. The van der Waals surface area contributed by atoms with Crippen LogP contribution in [0.15, 0.2) is 57.9 Å². The van der Waals surface area contributed by atoms with Crippen LogP contribution in [0.5, 0.6) is 0 Å². The summed E-state index contributed by atoms with van der Waals surface area (Å²) in [6, 6.07) is 11.7. The van der Waals surface area contributed by atoms with Crippen LogP contribution in [-0.4, -0.2) is 13.3 Å². The molecule has 0 bridgehead atoms. The molecule has 6 nitrogen and oxygen atoms in total. The summed E-state index contributed by atoms with van der Waals surface area (Å²) in [6.07, 6.45) is 0. The van der Waals surface area contributed by atoms with Gasteiger partial charge >= 0.3 is 0 Å². The molecule has 0 atom stereocenters. The van der Waals surface area contributed by atoms with Crippen molar-refractivity contribution >= 4 is 37.3 Å². The highest BCUT2D eigenvalue weighted by Gasteiger charge is 2.16. The summed E-state index contributed by atoms with van der Waals surface area (Å²) in [6.45, 7) is 0. The number of nitro groups is 1. The van der Waals surface area contributed by atoms with Gasteiger partial charge in [0.15, 0.2) is 0 Å². The minimum atomic E-state index is -3.72. The maximum atomic E-state index is 12.1. The molecule has 0 spiro atoms. The summed E-state index contributed by atoms with van der Waals surface area (Å²) >= 11 is 3.11. The number of benzene rings is 2. The number of anilines is 1. The Hall–Kier alpha value is -1.93. The first-order valence-corrected chi connectivity index (χ1v) is 7.69. The molecule has 0 saturated heterocycles. The highest BCUT2D eigenvalue weighted by atomic mass is 79.9. The standard InChI is InChI=1S/C12H9BrN2O4S/c13-11-8-9(15(16)17)6-7-12(11)14-20(18,19)10-4-2-1-3-5-10/h1-8,14H. The van der Waals surface area contributed by atoms with Crippen LogP contribution in [-0.2, 0) is 10.0 Å². The van der Waals surface area contributed by atoms with Crippen molar-refractivity contribution in [3.63, 3.8) is 0 Å². The molecule has 0 heterocycles. The van der Waals surface area contributed by atoms with Crippen LogP contribution in [0.4, 0.5) is 11.4 Å². The molecule has 0 radical (unpaired) electrons. The van der Waals surface area contributed by atoms with Crippen LogP contribution in [0.2, 0.25) is 0 Å². The summed E-state index contributed by atoms with van der Waals surface area (Å²) < 4.78 is 26.9. The SMILES string of the molecule is O=[N+]([O-])c1ccc(NS(=O)(=O)c2ccccc2)c(Br)c1. The molecule has 104 valence electrons. The zero-order valence-corrected chi connectivity index (χ0v) is 12.4. The fraction of sp³-hybridized carbons (Fsp3) is 0. The first-order chi connectivity index (χ1) is 9.40. The number of hydrogen-bond donors (Lipinski definition) is 1. The first kappa shape index (κ1) is 14.5. The second-order valence-corrected chi connectivity index (χ2v) is 6.38. The van der Waals surface area contributed by atoms with Crippen LogP contribution < -0.4 is 4.72 Å². The average molecular weight is 357 g/mol. The fourth-order valence-corrected chi connectivity index (χ4v) is 3.20. The molecule has 2 rings (SSSR count). The van der Waals surface area contributed by atoms with E-state index < -0.39 is 14.9 Å². The molecule has 0 aromatic heterocycles. The van der Waals surface area contributed by atoms with E-state index in [2.05, 4.69) is 20.7 Å². The van der Waals surface area contributed by atoms with Crippen LogP contribution >= 0.6 is 15.9 Å². The van der Waals surface area contributed by atoms with E-state index in [0.29, 0.717) is 4.47 Å². The summed E-state index contributed by atoms with van der Waals surface area (Å²) in [5, 5.41) is 10.6. The largest absolute Gasteiger partial charge is 0.278 e. The van der Waals surface area contributed by atoms with E-state index >= 15 is 0 Å². The second kappa shape index (κ2) is 5.59. The molecule has 20 heavy (non-hydrogen) atoms. The lowest BCUT2D eigenvalue weighted by Crippen LogP contribution is -2.13. The van der Waals surface area contributed by atoms with Gasteiger partial charge in [-0.05, 0) is 34.1 Å². The number of nitrogens with zero attached hydrogens (tertiary/aromatic N) is 1. The molecule has 0 amide bonds. The Morgan fingerprint density at radius 2 is 1.75 bits per heavy atom. The van der Waals surface area contributed by atoms with Crippen molar-refractivity contribution < 1.29 is 13.3 Å². The first-order valence-electron chi connectivity index (χ1n) is 5.42. The molecule has 2 aromatic carbocycles.